The first-order valence-electron chi connectivity index (χ1n) is 18.8. The number of hydrogen-bond acceptors (Lipinski definition) is 6. The molecule has 6 nitrogen and oxygen atoms in total. The Balaban J connectivity index is 1.35. The van der Waals surface area contributed by atoms with Crippen molar-refractivity contribution in [3.63, 3.8) is 0 Å². The molecule has 0 heterocycles. The summed E-state index contributed by atoms with van der Waals surface area (Å²) < 4.78 is 17.1. The average molecular weight is 692 g/mol. The number of hydrogen-bond donors (Lipinski definition) is 0. The van der Waals surface area contributed by atoms with Gasteiger partial charge in [0.25, 0.3) is 0 Å². The van der Waals surface area contributed by atoms with E-state index >= 15 is 0 Å². The van der Waals surface area contributed by atoms with Crippen molar-refractivity contribution in [2.24, 2.45) is 11.8 Å². The summed E-state index contributed by atoms with van der Waals surface area (Å²) in [6, 6.07) is 35.8. The number of benzene rings is 4. The Hall–Kier alpha value is -4.26. The highest BCUT2D eigenvalue weighted by Gasteiger charge is 2.22. The topological polar surface area (TPSA) is 65.1 Å². The molecule has 272 valence electrons. The minimum absolute atomic E-state index is 0.0375. The molecule has 6 heteroatoms. The molecule has 0 aliphatic rings. The monoisotopic (exact) mass is 691 g/mol. The highest BCUT2D eigenvalue weighted by atomic mass is 16.5. The number of carbonyl (C=O) groups excluding carboxylic acids is 2. The van der Waals surface area contributed by atoms with E-state index in [4.69, 9.17) is 14.2 Å². The van der Waals surface area contributed by atoms with E-state index < -0.39 is 5.97 Å². The fourth-order valence-electron chi connectivity index (χ4n) is 6.66. The maximum atomic E-state index is 13.8. The summed E-state index contributed by atoms with van der Waals surface area (Å²) >= 11 is 0. The molecule has 4 rings (SSSR count). The van der Waals surface area contributed by atoms with Crippen molar-refractivity contribution in [3.8, 4) is 5.75 Å². The smallest absolute Gasteiger partial charge is 0.341 e. The molecule has 0 saturated heterocycles. The summed E-state index contributed by atoms with van der Waals surface area (Å²) in [4.78, 5) is 28.9. The van der Waals surface area contributed by atoms with Crippen LogP contribution in [0.3, 0.4) is 0 Å². The average Bonchev–Trinajstić information content (AvgIpc) is 3.17. The van der Waals surface area contributed by atoms with Crippen LogP contribution in [-0.2, 0) is 29.0 Å². The van der Waals surface area contributed by atoms with Crippen molar-refractivity contribution in [1.29, 1.82) is 0 Å². The fourth-order valence-corrected chi connectivity index (χ4v) is 6.66. The second kappa shape index (κ2) is 22.5. The van der Waals surface area contributed by atoms with Gasteiger partial charge in [0.15, 0.2) is 5.78 Å². The molecule has 0 amide bonds. The van der Waals surface area contributed by atoms with E-state index in [2.05, 4.69) is 61.2 Å². The molecule has 0 fully saturated rings. The number of Topliss-reactive ketones (excluding diaryl/α,β-unsaturated/α-hetero) is 1. The number of carbonyl (C=O) groups is 2. The van der Waals surface area contributed by atoms with Crippen molar-refractivity contribution >= 4 is 11.8 Å². The van der Waals surface area contributed by atoms with Crippen molar-refractivity contribution in [2.75, 3.05) is 33.4 Å². The van der Waals surface area contributed by atoms with Crippen LogP contribution >= 0.6 is 0 Å². The van der Waals surface area contributed by atoms with Crippen LogP contribution < -0.4 is 4.74 Å². The molecule has 51 heavy (non-hydrogen) atoms. The Morgan fingerprint density at radius 3 is 2.04 bits per heavy atom. The molecule has 0 spiro atoms. The molecule has 0 aromatic heterocycles. The van der Waals surface area contributed by atoms with Crippen LogP contribution in [0.2, 0.25) is 0 Å². The normalized spacial score (nSPS) is 12.4. The number of aryl methyl sites for hydroxylation is 1. The van der Waals surface area contributed by atoms with Gasteiger partial charge in [-0.2, -0.15) is 0 Å². The molecular formula is C45H57NO5. The van der Waals surface area contributed by atoms with Crippen molar-refractivity contribution in [2.45, 2.75) is 78.4 Å². The standard InChI is InChI=1S/C45H57NO5/c1-4-17-36(2)40(25-16-31-50-30-15-14-20-37-18-8-5-9-19-37)28-29-46(33-38-21-10-6-11-22-38)34-43(47)41-26-27-44(42(32-41)45(48)49-3)51-35-39-23-12-7-13-24-39/h5-13,18-19,21-24,26-27,32,36,40H,4,14-17,20,25,28-31,33-35H2,1-3H3. The second-order valence-electron chi connectivity index (χ2n) is 13.6. The molecule has 0 bridgehead atoms. The Bertz CT molecular complexity index is 1560. The Morgan fingerprint density at radius 2 is 1.37 bits per heavy atom. The Morgan fingerprint density at radius 1 is 0.725 bits per heavy atom. The molecule has 2 atom stereocenters. The van der Waals surface area contributed by atoms with Crippen LogP contribution in [0.15, 0.2) is 109 Å². The van der Waals surface area contributed by atoms with E-state index in [-0.39, 0.29) is 17.9 Å². The largest absolute Gasteiger partial charge is 0.488 e. The van der Waals surface area contributed by atoms with Crippen molar-refractivity contribution in [3.05, 3.63) is 137 Å². The number of esters is 1. The number of unbranched alkanes of at least 4 members (excludes halogenated alkanes) is 1. The lowest BCUT2D eigenvalue weighted by Gasteiger charge is -2.28. The first-order valence-corrected chi connectivity index (χ1v) is 18.8. The van der Waals surface area contributed by atoms with Crippen LogP contribution in [0.1, 0.15) is 96.2 Å². The molecule has 4 aromatic rings. The quantitative estimate of drug-likeness (QED) is 0.0414. The van der Waals surface area contributed by atoms with E-state index in [1.807, 2.05) is 48.5 Å². The molecule has 0 N–H and O–H groups in total. The van der Waals surface area contributed by atoms with E-state index in [1.165, 1.54) is 24.7 Å². The molecule has 0 radical (unpaired) electrons. The van der Waals surface area contributed by atoms with Gasteiger partial charge in [0.05, 0.1) is 13.7 Å². The summed E-state index contributed by atoms with van der Waals surface area (Å²) in [7, 11) is 1.34. The van der Waals surface area contributed by atoms with Gasteiger partial charge < -0.3 is 14.2 Å². The zero-order chi connectivity index (χ0) is 36.1. The lowest BCUT2D eigenvalue weighted by Crippen LogP contribution is -2.32. The number of rotatable bonds is 24. The fraction of sp³-hybridized carbons (Fsp3) is 0.422. The number of methoxy groups -OCH3 is 1. The summed E-state index contributed by atoms with van der Waals surface area (Å²) in [6.07, 6.45) is 8.86. The SMILES string of the molecule is CCCC(C)C(CCCOCCCCc1ccccc1)CCN(CC(=O)c1ccc(OCc2ccccc2)c(C(=O)OC)c1)Cc1ccccc1. The van der Waals surface area contributed by atoms with Crippen LogP contribution in [0, 0.1) is 11.8 Å². The van der Waals surface area contributed by atoms with Gasteiger partial charge in [-0.05, 0) is 91.8 Å². The highest BCUT2D eigenvalue weighted by Crippen LogP contribution is 2.27. The zero-order valence-electron chi connectivity index (χ0n) is 30.9. The van der Waals surface area contributed by atoms with Gasteiger partial charge in [-0.15, -0.1) is 0 Å². The lowest BCUT2D eigenvalue weighted by atomic mass is 9.84. The third kappa shape index (κ3) is 14.1. The van der Waals surface area contributed by atoms with Gasteiger partial charge in [-0.1, -0.05) is 118 Å². The summed E-state index contributed by atoms with van der Waals surface area (Å²) in [5.74, 6) is 0.975. The second-order valence-corrected chi connectivity index (χ2v) is 13.6. The van der Waals surface area contributed by atoms with Crippen molar-refractivity contribution in [1.82, 2.24) is 4.90 Å². The summed E-state index contributed by atoms with van der Waals surface area (Å²) in [5, 5.41) is 0. The third-order valence-corrected chi connectivity index (χ3v) is 9.64. The summed E-state index contributed by atoms with van der Waals surface area (Å²) in [6.45, 7) is 8.28. The first kappa shape index (κ1) is 39.5. The number of ketones is 1. The van der Waals surface area contributed by atoms with Gasteiger partial charge in [-0.3, -0.25) is 9.69 Å². The minimum atomic E-state index is -0.530. The van der Waals surface area contributed by atoms with Crippen molar-refractivity contribution < 1.29 is 23.8 Å². The van der Waals surface area contributed by atoms with Gasteiger partial charge >= 0.3 is 5.97 Å². The van der Waals surface area contributed by atoms with Gasteiger partial charge in [0.1, 0.15) is 17.9 Å². The molecule has 0 aliphatic heterocycles. The highest BCUT2D eigenvalue weighted by molar-refractivity contribution is 6.01. The number of ether oxygens (including phenoxy) is 3. The van der Waals surface area contributed by atoms with E-state index in [9.17, 15) is 9.59 Å². The maximum Gasteiger partial charge on any atom is 0.341 e. The van der Waals surface area contributed by atoms with Gasteiger partial charge in [0, 0.05) is 25.3 Å². The van der Waals surface area contributed by atoms with Crippen LogP contribution in [-0.4, -0.2) is 50.1 Å². The first-order chi connectivity index (χ1) is 25.0. The van der Waals surface area contributed by atoms with E-state index in [0.717, 1.165) is 70.3 Å². The molecule has 2 unspecified atom stereocenters. The van der Waals surface area contributed by atoms with E-state index in [0.29, 0.717) is 36.3 Å². The lowest BCUT2D eigenvalue weighted by molar-refractivity contribution is 0.0595. The zero-order valence-corrected chi connectivity index (χ0v) is 30.9. The predicted octanol–water partition coefficient (Wildman–Crippen LogP) is 10.00. The maximum absolute atomic E-state index is 13.8. The third-order valence-electron chi connectivity index (χ3n) is 9.64. The Kier molecular flexibility index (Phi) is 17.5. The van der Waals surface area contributed by atoms with Gasteiger partial charge in [0.2, 0.25) is 0 Å². The predicted molar refractivity (Wildman–Crippen MR) is 206 cm³/mol. The Labute approximate surface area is 306 Å². The van der Waals surface area contributed by atoms with Gasteiger partial charge in [-0.25, -0.2) is 4.79 Å². The van der Waals surface area contributed by atoms with Crippen LogP contribution in [0.25, 0.3) is 0 Å². The minimum Gasteiger partial charge on any atom is -0.488 e. The van der Waals surface area contributed by atoms with Crippen LogP contribution in [0.5, 0.6) is 5.75 Å². The molecule has 0 saturated carbocycles. The molecule has 4 aromatic carbocycles. The van der Waals surface area contributed by atoms with E-state index in [1.54, 1.807) is 18.2 Å². The number of nitrogens with zero attached hydrogens (tertiary/aromatic N) is 1. The summed E-state index contributed by atoms with van der Waals surface area (Å²) in [5.41, 5.74) is 4.27. The molecule has 0 aliphatic carbocycles. The van der Waals surface area contributed by atoms with Crippen LogP contribution in [0.4, 0.5) is 0 Å². The molecular weight excluding hydrogens is 634 g/mol.